The number of aromatic amines is 1. The van der Waals surface area contributed by atoms with Gasteiger partial charge in [0.25, 0.3) is 5.56 Å². The van der Waals surface area contributed by atoms with E-state index in [4.69, 9.17) is 0 Å². The second-order valence-corrected chi connectivity index (χ2v) is 8.36. The fraction of sp³-hybridized carbons (Fsp3) is 0.619. The minimum atomic E-state index is -0.0729. The van der Waals surface area contributed by atoms with Gasteiger partial charge < -0.3 is 9.88 Å². The van der Waals surface area contributed by atoms with E-state index in [1.54, 1.807) is 16.9 Å². The van der Waals surface area contributed by atoms with Crippen LogP contribution in [-0.4, -0.2) is 61.6 Å². The lowest BCUT2D eigenvalue weighted by Gasteiger charge is -2.40. The van der Waals surface area contributed by atoms with E-state index in [-0.39, 0.29) is 11.5 Å². The largest absolute Gasteiger partial charge is 0.341 e. The first-order valence-corrected chi connectivity index (χ1v) is 10.6. The zero-order chi connectivity index (χ0) is 20.2. The van der Waals surface area contributed by atoms with Gasteiger partial charge in [0.1, 0.15) is 12.4 Å². The smallest absolute Gasteiger partial charge is 0.251 e. The molecule has 1 amide bonds. The number of likely N-dealkylation sites (tertiary alicyclic amines) is 2. The molecule has 2 aromatic heterocycles. The molecular weight excluding hydrogens is 368 g/mol. The normalized spacial score (nSPS) is 19.6. The molecule has 2 aliphatic heterocycles. The number of carbonyl (C=O) groups excluding carboxylic acids is 1. The molecule has 4 rings (SSSR count). The molecule has 0 saturated carbocycles. The summed E-state index contributed by atoms with van der Waals surface area (Å²) in [7, 11) is 0. The van der Waals surface area contributed by atoms with Gasteiger partial charge in [-0.15, -0.1) is 0 Å². The molecule has 0 bridgehead atoms. The van der Waals surface area contributed by atoms with Gasteiger partial charge in [-0.25, -0.2) is 4.98 Å². The molecule has 0 radical (unpaired) electrons. The topological polar surface area (TPSA) is 87.1 Å². The van der Waals surface area contributed by atoms with E-state index in [0.717, 1.165) is 57.2 Å². The molecule has 4 heterocycles. The predicted molar refractivity (Wildman–Crippen MR) is 109 cm³/mol. The molecule has 2 fully saturated rings. The van der Waals surface area contributed by atoms with Gasteiger partial charge >= 0.3 is 0 Å². The summed E-state index contributed by atoms with van der Waals surface area (Å²) in [6.07, 6.45) is 8.12. The zero-order valence-electron chi connectivity index (χ0n) is 17.1. The van der Waals surface area contributed by atoms with Gasteiger partial charge in [-0.1, -0.05) is 0 Å². The summed E-state index contributed by atoms with van der Waals surface area (Å²) in [5.74, 6) is 2.30. The number of nitrogens with one attached hydrogen (secondary N) is 1. The highest BCUT2D eigenvalue weighted by atomic mass is 16.2. The summed E-state index contributed by atoms with van der Waals surface area (Å²) in [4.78, 5) is 35.6. The highest BCUT2D eigenvalue weighted by Gasteiger charge is 2.31. The van der Waals surface area contributed by atoms with Gasteiger partial charge in [0.15, 0.2) is 0 Å². The van der Waals surface area contributed by atoms with Crippen molar-refractivity contribution in [2.75, 3.05) is 26.2 Å². The Bertz CT molecular complexity index is 862. The monoisotopic (exact) mass is 398 g/mol. The summed E-state index contributed by atoms with van der Waals surface area (Å²) in [5, 5.41) is 4.13. The highest BCUT2D eigenvalue weighted by Crippen LogP contribution is 2.32. The first-order valence-electron chi connectivity index (χ1n) is 10.6. The summed E-state index contributed by atoms with van der Waals surface area (Å²) < 4.78 is 1.70. The predicted octanol–water partition coefficient (Wildman–Crippen LogP) is 1.43. The maximum Gasteiger partial charge on any atom is 0.251 e. The average Bonchev–Trinajstić information content (AvgIpc) is 3.21. The van der Waals surface area contributed by atoms with Crippen LogP contribution >= 0.6 is 0 Å². The maximum absolute atomic E-state index is 12.4. The number of rotatable bonds is 5. The van der Waals surface area contributed by atoms with Gasteiger partial charge in [0.2, 0.25) is 5.91 Å². The second kappa shape index (κ2) is 8.90. The van der Waals surface area contributed by atoms with Crippen LogP contribution < -0.4 is 5.56 Å². The molecule has 0 atom stereocenters. The van der Waals surface area contributed by atoms with Gasteiger partial charge in [-0.2, -0.15) is 5.10 Å². The van der Waals surface area contributed by atoms with Gasteiger partial charge in [0, 0.05) is 38.1 Å². The van der Waals surface area contributed by atoms with Crippen LogP contribution in [0.25, 0.3) is 0 Å². The first-order chi connectivity index (χ1) is 14.1. The minimum absolute atomic E-state index is 0.0729. The lowest BCUT2D eigenvalue weighted by Crippen LogP contribution is -2.43. The molecule has 1 N–H and O–H groups in total. The van der Waals surface area contributed by atoms with Crippen molar-refractivity contribution in [2.24, 2.45) is 11.8 Å². The molecule has 0 unspecified atom stereocenters. The van der Waals surface area contributed by atoms with Crippen LogP contribution in [-0.2, 0) is 17.9 Å². The van der Waals surface area contributed by atoms with Crippen LogP contribution in [0.5, 0.6) is 0 Å². The van der Waals surface area contributed by atoms with E-state index < -0.39 is 0 Å². The lowest BCUT2D eigenvalue weighted by atomic mass is 9.79. The first kappa shape index (κ1) is 19.8. The van der Waals surface area contributed by atoms with Crippen LogP contribution in [0.4, 0.5) is 0 Å². The standard InChI is InChI=1S/C21H30N6O2/c1-16-23-19(13-20(28)24-16)14-25-9-3-17(4-10-25)18-5-11-26(12-6-18)21(29)15-27-8-2-7-22-27/h2,7-8,13,17-18H,3-6,9-12,14-15H2,1H3,(H,23,24,28). The van der Waals surface area contributed by atoms with Gasteiger partial charge in [-0.3, -0.25) is 19.2 Å². The van der Waals surface area contributed by atoms with Crippen LogP contribution in [0.3, 0.4) is 0 Å². The number of hydrogen-bond donors (Lipinski definition) is 1. The Morgan fingerprint density at radius 3 is 2.45 bits per heavy atom. The molecular formula is C21H30N6O2. The summed E-state index contributed by atoms with van der Waals surface area (Å²) in [6, 6.07) is 3.45. The number of carbonyl (C=O) groups is 1. The van der Waals surface area contributed by atoms with Crippen molar-refractivity contribution in [3.8, 4) is 0 Å². The zero-order valence-corrected chi connectivity index (χ0v) is 17.1. The van der Waals surface area contributed by atoms with E-state index in [0.29, 0.717) is 18.3 Å². The number of aryl methyl sites for hydroxylation is 1. The number of nitrogens with zero attached hydrogens (tertiary/aromatic N) is 5. The molecule has 2 aliphatic rings. The quantitative estimate of drug-likeness (QED) is 0.823. The summed E-state index contributed by atoms with van der Waals surface area (Å²) in [5.41, 5.74) is 0.782. The number of H-pyrrole nitrogens is 1. The van der Waals surface area contributed by atoms with E-state index in [1.807, 2.05) is 24.1 Å². The van der Waals surface area contributed by atoms with E-state index >= 15 is 0 Å². The SMILES string of the molecule is Cc1nc(CN2CCC(C3CCN(C(=O)Cn4cccn4)CC3)CC2)cc(=O)[nH]1. The minimum Gasteiger partial charge on any atom is -0.341 e. The van der Waals surface area contributed by atoms with Gasteiger partial charge in [0.05, 0.1) is 5.69 Å². The molecule has 2 saturated heterocycles. The molecule has 156 valence electrons. The van der Waals surface area contributed by atoms with Crippen molar-refractivity contribution in [3.63, 3.8) is 0 Å². The summed E-state index contributed by atoms with van der Waals surface area (Å²) in [6.45, 7) is 6.74. The third-order valence-electron chi connectivity index (χ3n) is 6.35. The Morgan fingerprint density at radius 1 is 1.14 bits per heavy atom. The molecule has 8 nitrogen and oxygen atoms in total. The van der Waals surface area contributed by atoms with Crippen molar-refractivity contribution in [2.45, 2.75) is 45.7 Å². The lowest BCUT2D eigenvalue weighted by molar-refractivity contribution is -0.133. The third-order valence-corrected chi connectivity index (χ3v) is 6.35. The fourth-order valence-electron chi connectivity index (χ4n) is 4.79. The maximum atomic E-state index is 12.4. The van der Waals surface area contributed by atoms with Crippen LogP contribution in [0, 0.1) is 18.8 Å². The van der Waals surface area contributed by atoms with E-state index in [9.17, 15) is 9.59 Å². The fourth-order valence-corrected chi connectivity index (χ4v) is 4.79. The van der Waals surface area contributed by atoms with Crippen LogP contribution in [0.15, 0.2) is 29.3 Å². The number of amides is 1. The van der Waals surface area contributed by atoms with E-state index in [2.05, 4.69) is 20.0 Å². The van der Waals surface area contributed by atoms with E-state index in [1.165, 1.54) is 12.8 Å². The Hall–Kier alpha value is -2.48. The van der Waals surface area contributed by atoms with Gasteiger partial charge in [-0.05, 0) is 63.6 Å². The third kappa shape index (κ3) is 5.12. The number of piperidine rings is 2. The molecule has 2 aromatic rings. The van der Waals surface area contributed by atoms with Crippen molar-refractivity contribution >= 4 is 5.91 Å². The molecule has 0 aliphatic carbocycles. The molecule has 29 heavy (non-hydrogen) atoms. The molecule has 0 spiro atoms. The number of hydrogen-bond acceptors (Lipinski definition) is 5. The Balaban J connectivity index is 1.21. The Labute approximate surface area is 170 Å². The van der Waals surface area contributed by atoms with Crippen molar-refractivity contribution in [1.82, 2.24) is 29.5 Å². The van der Waals surface area contributed by atoms with Crippen molar-refractivity contribution in [1.29, 1.82) is 0 Å². The van der Waals surface area contributed by atoms with Crippen LogP contribution in [0.2, 0.25) is 0 Å². The van der Waals surface area contributed by atoms with Crippen molar-refractivity contribution < 1.29 is 4.79 Å². The summed E-state index contributed by atoms with van der Waals surface area (Å²) >= 11 is 0. The molecule has 0 aromatic carbocycles. The molecule has 8 heteroatoms. The average molecular weight is 399 g/mol. The van der Waals surface area contributed by atoms with Crippen LogP contribution in [0.1, 0.15) is 37.2 Å². The Kier molecular flexibility index (Phi) is 6.08. The highest BCUT2D eigenvalue weighted by molar-refractivity contribution is 5.75. The Morgan fingerprint density at radius 2 is 1.83 bits per heavy atom. The van der Waals surface area contributed by atoms with Crippen molar-refractivity contribution in [3.05, 3.63) is 46.4 Å². The number of aromatic nitrogens is 4. The second-order valence-electron chi connectivity index (χ2n) is 8.36.